The van der Waals surface area contributed by atoms with Crippen molar-refractivity contribution in [1.29, 1.82) is 0 Å². The molecule has 0 spiro atoms. The number of carboxylic acid groups (broad SMARTS) is 2. The van der Waals surface area contributed by atoms with Gasteiger partial charge < -0.3 is 15.9 Å². The maximum Gasteiger partial charge on any atom is 0.303 e. The molecule has 0 unspecified atom stereocenters. The molecule has 166 valence electrons. The molecule has 0 atom stereocenters. The summed E-state index contributed by atoms with van der Waals surface area (Å²) in [7, 11) is 0. The number of aliphatic carboxylic acids is 2. The largest absolute Gasteiger partial charge is 0.481 e. The SMILES string of the molecule is CCCCCCCCC=CCCCCCCCCN.O=C(O)CCCC(=O)O. The van der Waals surface area contributed by atoms with Crippen molar-refractivity contribution >= 4 is 11.9 Å². The van der Waals surface area contributed by atoms with Crippen LogP contribution in [0.15, 0.2) is 12.2 Å². The summed E-state index contributed by atoms with van der Waals surface area (Å²) in [6.45, 7) is 3.14. The summed E-state index contributed by atoms with van der Waals surface area (Å²) in [6, 6.07) is 0. The Morgan fingerprint density at radius 3 is 1.43 bits per heavy atom. The first-order chi connectivity index (χ1) is 13.5. The predicted octanol–water partition coefficient (Wildman–Crippen LogP) is 6.31. The predicted molar refractivity (Wildman–Crippen MR) is 118 cm³/mol. The summed E-state index contributed by atoms with van der Waals surface area (Å²) in [5.41, 5.74) is 5.47. The van der Waals surface area contributed by atoms with Crippen molar-refractivity contribution in [3.8, 4) is 0 Å². The van der Waals surface area contributed by atoms with E-state index in [0.717, 1.165) is 6.54 Å². The molecule has 0 fully saturated rings. The van der Waals surface area contributed by atoms with Crippen molar-refractivity contribution in [3.05, 3.63) is 12.2 Å². The molecule has 0 saturated heterocycles. The zero-order valence-corrected chi connectivity index (χ0v) is 18.2. The number of unbranched alkanes of at least 4 members (excludes halogenated alkanes) is 12. The zero-order chi connectivity index (χ0) is 21.3. The molecule has 0 heterocycles. The fraction of sp³-hybridized carbons (Fsp3) is 0.826. The average Bonchev–Trinajstić information content (AvgIpc) is 2.65. The van der Waals surface area contributed by atoms with Gasteiger partial charge in [-0.05, 0) is 45.1 Å². The van der Waals surface area contributed by atoms with E-state index in [1.54, 1.807) is 0 Å². The Hall–Kier alpha value is -1.36. The molecule has 28 heavy (non-hydrogen) atoms. The first kappa shape index (κ1) is 28.8. The summed E-state index contributed by atoms with van der Waals surface area (Å²) in [5.74, 6) is -1.90. The quantitative estimate of drug-likeness (QED) is 0.174. The van der Waals surface area contributed by atoms with E-state index in [2.05, 4.69) is 19.1 Å². The molecular weight excluding hydrogens is 354 g/mol. The lowest BCUT2D eigenvalue weighted by Crippen LogP contribution is -1.98. The van der Waals surface area contributed by atoms with Crippen LogP contribution in [0.2, 0.25) is 0 Å². The molecule has 0 radical (unpaired) electrons. The number of hydrogen-bond acceptors (Lipinski definition) is 3. The standard InChI is InChI=1S/C18H37N.C5H8O4/c1-2-3-4-5-6-7-8-9-10-11-12-13-14-15-16-17-18-19;6-4(7)2-1-3-5(8)9/h9-10H,2-8,11-19H2,1H3;1-3H2,(H,6,7)(H,8,9). The van der Waals surface area contributed by atoms with Crippen LogP contribution in [0.3, 0.4) is 0 Å². The van der Waals surface area contributed by atoms with Gasteiger partial charge in [-0.15, -0.1) is 0 Å². The number of nitrogens with two attached hydrogens (primary N) is 1. The lowest BCUT2D eigenvalue weighted by Gasteiger charge is -1.99. The first-order valence-corrected chi connectivity index (χ1v) is 11.3. The number of carboxylic acids is 2. The average molecular weight is 400 g/mol. The summed E-state index contributed by atoms with van der Waals surface area (Å²) in [6.07, 6.45) is 24.0. The van der Waals surface area contributed by atoms with Gasteiger partial charge in [-0.25, -0.2) is 0 Å². The van der Waals surface area contributed by atoms with Crippen LogP contribution >= 0.6 is 0 Å². The van der Waals surface area contributed by atoms with E-state index in [0.29, 0.717) is 0 Å². The molecule has 5 nitrogen and oxygen atoms in total. The Kier molecular flexibility index (Phi) is 26.4. The van der Waals surface area contributed by atoms with Crippen LogP contribution in [-0.4, -0.2) is 28.7 Å². The van der Waals surface area contributed by atoms with Crippen molar-refractivity contribution in [2.24, 2.45) is 5.73 Å². The van der Waals surface area contributed by atoms with E-state index in [4.69, 9.17) is 15.9 Å². The number of hydrogen-bond donors (Lipinski definition) is 3. The fourth-order valence-electron chi connectivity index (χ4n) is 2.78. The number of carbonyl (C=O) groups is 2. The van der Waals surface area contributed by atoms with Crippen LogP contribution in [-0.2, 0) is 9.59 Å². The van der Waals surface area contributed by atoms with Crippen molar-refractivity contribution in [2.45, 2.75) is 116 Å². The highest BCUT2D eigenvalue weighted by atomic mass is 16.4. The highest BCUT2D eigenvalue weighted by Crippen LogP contribution is 2.09. The van der Waals surface area contributed by atoms with Gasteiger partial charge in [0.2, 0.25) is 0 Å². The molecule has 0 saturated carbocycles. The molecule has 0 aliphatic heterocycles. The molecular formula is C23H45NO4. The number of rotatable bonds is 19. The third kappa shape index (κ3) is 32.3. The molecule has 0 bridgehead atoms. The Bertz CT molecular complexity index is 356. The normalized spacial score (nSPS) is 10.6. The molecule has 4 N–H and O–H groups in total. The van der Waals surface area contributed by atoms with Crippen molar-refractivity contribution < 1.29 is 19.8 Å². The lowest BCUT2D eigenvalue weighted by molar-refractivity contribution is -0.138. The van der Waals surface area contributed by atoms with Gasteiger partial charge in [0.1, 0.15) is 0 Å². The second-order valence-electron chi connectivity index (χ2n) is 7.37. The van der Waals surface area contributed by atoms with Gasteiger partial charge in [0.25, 0.3) is 0 Å². The van der Waals surface area contributed by atoms with Crippen molar-refractivity contribution in [2.75, 3.05) is 6.54 Å². The first-order valence-electron chi connectivity index (χ1n) is 11.3. The van der Waals surface area contributed by atoms with Gasteiger partial charge in [-0.3, -0.25) is 9.59 Å². The monoisotopic (exact) mass is 399 g/mol. The van der Waals surface area contributed by atoms with E-state index in [9.17, 15) is 9.59 Å². The molecule has 0 aliphatic carbocycles. The molecule has 5 heteroatoms. The number of allylic oxidation sites excluding steroid dienone is 2. The topological polar surface area (TPSA) is 101 Å². The van der Waals surface area contributed by atoms with Crippen LogP contribution in [0.25, 0.3) is 0 Å². The van der Waals surface area contributed by atoms with Gasteiger partial charge in [0.15, 0.2) is 0 Å². The lowest BCUT2D eigenvalue weighted by atomic mass is 10.1. The molecule has 0 rings (SSSR count). The van der Waals surface area contributed by atoms with E-state index in [-0.39, 0.29) is 19.3 Å². The Labute approximate surface area is 172 Å². The minimum absolute atomic E-state index is 0.0632. The summed E-state index contributed by atoms with van der Waals surface area (Å²) in [4.78, 5) is 19.6. The molecule has 0 aromatic heterocycles. The van der Waals surface area contributed by atoms with Crippen LogP contribution in [0.5, 0.6) is 0 Å². The van der Waals surface area contributed by atoms with E-state index in [1.165, 1.54) is 89.9 Å². The van der Waals surface area contributed by atoms with E-state index < -0.39 is 11.9 Å². The van der Waals surface area contributed by atoms with Crippen molar-refractivity contribution in [3.63, 3.8) is 0 Å². The fourth-order valence-corrected chi connectivity index (χ4v) is 2.78. The smallest absolute Gasteiger partial charge is 0.303 e. The molecule has 0 amide bonds. The second kappa shape index (κ2) is 25.6. The molecule has 0 aromatic carbocycles. The third-order valence-corrected chi connectivity index (χ3v) is 4.50. The Balaban J connectivity index is 0. The van der Waals surface area contributed by atoms with Crippen LogP contribution in [0.4, 0.5) is 0 Å². The minimum atomic E-state index is -0.948. The molecule has 0 aromatic rings. The van der Waals surface area contributed by atoms with Gasteiger partial charge in [-0.2, -0.15) is 0 Å². The highest BCUT2D eigenvalue weighted by Gasteiger charge is 1.99. The van der Waals surface area contributed by atoms with E-state index >= 15 is 0 Å². The highest BCUT2D eigenvalue weighted by molar-refractivity contribution is 5.69. The van der Waals surface area contributed by atoms with Crippen molar-refractivity contribution in [1.82, 2.24) is 0 Å². The van der Waals surface area contributed by atoms with Crippen LogP contribution < -0.4 is 5.73 Å². The zero-order valence-electron chi connectivity index (χ0n) is 18.2. The Morgan fingerprint density at radius 1 is 0.643 bits per heavy atom. The summed E-state index contributed by atoms with van der Waals surface area (Å²) in [5, 5.41) is 16.1. The molecule has 0 aliphatic rings. The maximum atomic E-state index is 9.79. The van der Waals surface area contributed by atoms with Gasteiger partial charge in [-0.1, -0.05) is 76.9 Å². The second-order valence-corrected chi connectivity index (χ2v) is 7.37. The van der Waals surface area contributed by atoms with Crippen LogP contribution in [0.1, 0.15) is 116 Å². The maximum absolute atomic E-state index is 9.79. The van der Waals surface area contributed by atoms with Crippen LogP contribution in [0, 0.1) is 0 Å². The van der Waals surface area contributed by atoms with Gasteiger partial charge >= 0.3 is 11.9 Å². The van der Waals surface area contributed by atoms with Gasteiger partial charge in [0.05, 0.1) is 0 Å². The van der Waals surface area contributed by atoms with E-state index in [1.807, 2.05) is 0 Å². The third-order valence-electron chi connectivity index (χ3n) is 4.50. The minimum Gasteiger partial charge on any atom is -0.481 e. The summed E-state index contributed by atoms with van der Waals surface area (Å²) < 4.78 is 0. The van der Waals surface area contributed by atoms with Gasteiger partial charge in [0, 0.05) is 12.8 Å². The Morgan fingerprint density at radius 2 is 1.04 bits per heavy atom. The summed E-state index contributed by atoms with van der Waals surface area (Å²) >= 11 is 0.